The minimum Gasteiger partial charge on any atom is -0.466 e. The average molecular weight is 298 g/mol. The molecular weight excluding hydrogens is 280 g/mol. The van der Waals surface area contributed by atoms with Crippen molar-refractivity contribution in [3.63, 3.8) is 0 Å². The number of nitriles is 1. The van der Waals surface area contributed by atoms with Crippen LogP contribution in [-0.4, -0.2) is 13.1 Å². The molecular formula is C17H18N2O3. The fourth-order valence-corrected chi connectivity index (χ4v) is 2.51. The molecule has 0 unspecified atom stereocenters. The van der Waals surface area contributed by atoms with E-state index < -0.39 is 11.9 Å². The lowest BCUT2D eigenvalue weighted by Crippen LogP contribution is -2.25. The van der Waals surface area contributed by atoms with Crippen LogP contribution < -0.4 is 5.73 Å². The smallest absolute Gasteiger partial charge is 0.338 e. The Morgan fingerprint density at radius 3 is 2.55 bits per heavy atom. The van der Waals surface area contributed by atoms with Crippen molar-refractivity contribution in [2.45, 2.75) is 26.2 Å². The van der Waals surface area contributed by atoms with Gasteiger partial charge in [-0.2, -0.15) is 5.26 Å². The van der Waals surface area contributed by atoms with E-state index in [0.29, 0.717) is 17.8 Å². The van der Waals surface area contributed by atoms with Gasteiger partial charge >= 0.3 is 5.97 Å². The van der Waals surface area contributed by atoms with Crippen LogP contribution in [0.15, 0.2) is 47.1 Å². The predicted octanol–water partition coefficient (Wildman–Crippen LogP) is 2.64. The summed E-state index contributed by atoms with van der Waals surface area (Å²) in [6.07, 6.45) is 0.478. The Kier molecular flexibility index (Phi) is 4.52. The van der Waals surface area contributed by atoms with Crippen molar-refractivity contribution < 1.29 is 14.3 Å². The van der Waals surface area contributed by atoms with Gasteiger partial charge < -0.3 is 15.2 Å². The third kappa shape index (κ3) is 2.68. The normalized spacial score (nSPS) is 17.8. The molecule has 22 heavy (non-hydrogen) atoms. The Hall–Kier alpha value is -2.74. The number of allylic oxidation sites excluding steroid dienone is 2. The highest BCUT2D eigenvalue weighted by molar-refractivity contribution is 5.92. The first-order chi connectivity index (χ1) is 10.5. The van der Waals surface area contributed by atoms with Crippen LogP contribution in [0.3, 0.4) is 0 Å². The van der Waals surface area contributed by atoms with Crippen LogP contribution in [0.4, 0.5) is 0 Å². The molecule has 1 aliphatic rings. The van der Waals surface area contributed by atoms with Gasteiger partial charge in [-0.3, -0.25) is 0 Å². The van der Waals surface area contributed by atoms with Gasteiger partial charge in [0, 0.05) is 6.42 Å². The number of benzene rings is 1. The Morgan fingerprint density at radius 1 is 1.41 bits per heavy atom. The number of carbonyl (C=O) groups is 1. The molecule has 5 heteroatoms. The van der Waals surface area contributed by atoms with Crippen molar-refractivity contribution in [3.05, 3.63) is 58.2 Å². The van der Waals surface area contributed by atoms with E-state index in [9.17, 15) is 10.1 Å². The van der Waals surface area contributed by atoms with E-state index in [1.165, 1.54) is 7.11 Å². The SMILES string of the molecule is CCC1=C(C(=O)OC)[C@@H](c2ccc(C)cc2)C(C#N)=C(N)O1. The second-order valence-corrected chi connectivity index (χ2v) is 5.02. The van der Waals surface area contributed by atoms with Gasteiger partial charge in [0.2, 0.25) is 5.88 Å². The highest BCUT2D eigenvalue weighted by atomic mass is 16.5. The maximum atomic E-state index is 12.2. The molecule has 0 saturated heterocycles. The van der Waals surface area contributed by atoms with Crippen molar-refractivity contribution >= 4 is 5.97 Å². The number of methoxy groups -OCH3 is 1. The first-order valence-electron chi connectivity index (χ1n) is 6.99. The first-order valence-corrected chi connectivity index (χ1v) is 6.99. The van der Waals surface area contributed by atoms with Gasteiger partial charge in [0.1, 0.15) is 17.4 Å². The molecule has 1 aliphatic heterocycles. The van der Waals surface area contributed by atoms with Crippen molar-refractivity contribution in [2.24, 2.45) is 5.73 Å². The van der Waals surface area contributed by atoms with E-state index in [-0.39, 0.29) is 11.5 Å². The summed E-state index contributed by atoms with van der Waals surface area (Å²) in [7, 11) is 1.31. The minimum atomic E-state index is -0.568. The summed E-state index contributed by atoms with van der Waals surface area (Å²) in [6.45, 7) is 3.83. The zero-order valence-corrected chi connectivity index (χ0v) is 12.8. The molecule has 2 rings (SSSR count). The second-order valence-electron chi connectivity index (χ2n) is 5.02. The number of aryl methyl sites for hydroxylation is 1. The van der Waals surface area contributed by atoms with Crippen LogP contribution in [-0.2, 0) is 14.3 Å². The maximum Gasteiger partial charge on any atom is 0.338 e. The van der Waals surface area contributed by atoms with Crippen LogP contribution in [0.2, 0.25) is 0 Å². The Morgan fingerprint density at radius 2 is 2.05 bits per heavy atom. The Labute approximate surface area is 129 Å². The third-order valence-electron chi connectivity index (χ3n) is 3.63. The first kappa shape index (κ1) is 15.6. The van der Waals surface area contributed by atoms with Gasteiger partial charge in [-0.25, -0.2) is 4.79 Å². The van der Waals surface area contributed by atoms with E-state index in [2.05, 4.69) is 6.07 Å². The average Bonchev–Trinajstić information content (AvgIpc) is 2.53. The van der Waals surface area contributed by atoms with Crippen LogP contribution in [0.5, 0.6) is 0 Å². The highest BCUT2D eigenvalue weighted by Gasteiger charge is 2.36. The summed E-state index contributed by atoms with van der Waals surface area (Å²) >= 11 is 0. The van der Waals surface area contributed by atoms with Crippen molar-refractivity contribution in [2.75, 3.05) is 7.11 Å². The topological polar surface area (TPSA) is 85.3 Å². The van der Waals surface area contributed by atoms with Gasteiger partial charge in [-0.05, 0) is 12.5 Å². The van der Waals surface area contributed by atoms with Crippen LogP contribution in [0.25, 0.3) is 0 Å². The Bertz CT molecular complexity index is 694. The largest absolute Gasteiger partial charge is 0.466 e. The summed E-state index contributed by atoms with van der Waals surface area (Å²) in [6, 6.07) is 9.67. The molecule has 1 atom stereocenters. The number of nitrogens with zero attached hydrogens (tertiary/aromatic N) is 1. The van der Waals surface area contributed by atoms with Crippen LogP contribution >= 0.6 is 0 Å². The number of carbonyl (C=O) groups excluding carboxylic acids is 1. The zero-order valence-electron chi connectivity index (χ0n) is 12.8. The summed E-state index contributed by atoms with van der Waals surface area (Å²) < 4.78 is 10.3. The molecule has 0 aromatic heterocycles. The van der Waals surface area contributed by atoms with Gasteiger partial charge in [0.05, 0.1) is 18.6 Å². The van der Waals surface area contributed by atoms with Gasteiger partial charge in [-0.15, -0.1) is 0 Å². The van der Waals surface area contributed by atoms with Crippen LogP contribution in [0.1, 0.15) is 30.4 Å². The van der Waals surface area contributed by atoms with E-state index >= 15 is 0 Å². The third-order valence-corrected chi connectivity index (χ3v) is 3.63. The van der Waals surface area contributed by atoms with Gasteiger partial charge in [-0.1, -0.05) is 36.8 Å². The quantitative estimate of drug-likeness (QED) is 0.867. The summed E-state index contributed by atoms with van der Waals surface area (Å²) in [5.74, 6) is -0.601. The maximum absolute atomic E-state index is 12.2. The predicted molar refractivity (Wildman–Crippen MR) is 81.2 cm³/mol. The second kappa shape index (κ2) is 6.35. The molecule has 5 nitrogen and oxygen atoms in total. The van der Waals surface area contributed by atoms with Crippen LogP contribution in [0, 0.1) is 18.3 Å². The number of hydrogen-bond donors (Lipinski definition) is 1. The minimum absolute atomic E-state index is 0.0394. The molecule has 1 aromatic carbocycles. The lowest BCUT2D eigenvalue weighted by Gasteiger charge is -2.27. The van der Waals surface area contributed by atoms with E-state index in [1.54, 1.807) is 0 Å². The lowest BCUT2D eigenvalue weighted by molar-refractivity contribution is -0.136. The molecule has 0 radical (unpaired) electrons. The Balaban J connectivity index is 2.66. The molecule has 0 aliphatic carbocycles. The summed E-state index contributed by atoms with van der Waals surface area (Å²) in [5, 5.41) is 9.44. The number of rotatable bonds is 3. The lowest BCUT2D eigenvalue weighted by atomic mass is 9.82. The number of ether oxygens (including phenoxy) is 2. The van der Waals surface area contributed by atoms with E-state index in [0.717, 1.165) is 11.1 Å². The molecule has 1 heterocycles. The van der Waals surface area contributed by atoms with Crippen molar-refractivity contribution in [1.82, 2.24) is 0 Å². The molecule has 1 aromatic rings. The molecule has 114 valence electrons. The molecule has 2 N–H and O–H groups in total. The van der Waals surface area contributed by atoms with Gasteiger partial charge in [0.25, 0.3) is 0 Å². The number of hydrogen-bond acceptors (Lipinski definition) is 5. The van der Waals surface area contributed by atoms with E-state index in [4.69, 9.17) is 15.2 Å². The summed E-state index contributed by atoms with van der Waals surface area (Å²) in [5.41, 5.74) is 8.32. The molecule has 0 saturated carbocycles. The number of nitrogens with two attached hydrogens (primary N) is 1. The number of esters is 1. The van der Waals surface area contributed by atoms with Gasteiger partial charge in [0.15, 0.2) is 0 Å². The highest BCUT2D eigenvalue weighted by Crippen LogP contribution is 2.40. The van der Waals surface area contributed by atoms with Crippen molar-refractivity contribution in [3.8, 4) is 6.07 Å². The fourth-order valence-electron chi connectivity index (χ4n) is 2.51. The van der Waals surface area contributed by atoms with E-state index in [1.807, 2.05) is 38.1 Å². The zero-order chi connectivity index (χ0) is 16.3. The standard InChI is InChI=1S/C17H18N2O3/c1-4-13-15(17(20)21-3)14(12(9-18)16(19)22-13)11-7-5-10(2)6-8-11/h5-8,14H,4,19H2,1-3H3/t14-/m0/s1. The molecule has 0 spiro atoms. The molecule has 0 bridgehead atoms. The summed E-state index contributed by atoms with van der Waals surface area (Å²) in [4.78, 5) is 12.2. The molecule has 0 amide bonds. The van der Waals surface area contributed by atoms with Crippen molar-refractivity contribution in [1.29, 1.82) is 5.26 Å². The fraction of sp³-hybridized carbons (Fsp3) is 0.294. The monoisotopic (exact) mass is 298 g/mol. The molecule has 0 fully saturated rings.